The van der Waals surface area contributed by atoms with Crippen molar-refractivity contribution in [1.29, 1.82) is 0 Å². The fourth-order valence-corrected chi connectivity index (χ4v) is 6.62. The van der Waals surface area contributed by atoms with E-state index in [4.69, 9.17) is 13.9 Å². The molecule has 0 spiro atoms. The molecule has 1 unspecified atom stereocenters. The number of methoxy groups -OCH3 is 1. The van der Waals surface area contributed by atoms with Crippen LogP contribution in [0.4, 0.5) is 0 Å². The van der Waals surface area contributed by atoms with Crippen LogP contribution in [0.15, 0.2) is 23.0 Å². The maximum Gasteiger partial charge on any atom is 0.310 e. The van der Waals surface area contributed by atoms with Crippen LogP contribution in [0.3, 0.4) is 0 Å². The third-order valence-corrected chi connectivity index (χ3v) is 8.00. The van der Waals surface area contributed by atoms with Crippen molar-refractivity contribution < 1.29 is 28.3 Å². The molecule has 2 heterocycles. The molecule has 7 heteroatoms. The van der Waals surface area contributed by atoms with Crippen molar-refractivity contribution in [3.8, 4) is 0 Å². The smallest absolute Gasteiger partial charge is 0.310 e. The lowest BCUT2D eigenvalue weighted by atomic mass is 9.43. The van der Waals surface area contributed by atoms with Crippen LogP contribution in [0.5, 0.6) is 0 Å². The topological polar surface area (TPSA) is 94.8 Å². The molecule has 1 aliphatic heterocycles. The van der Waals surface area contributed by atoms with Crippen LogP contribution in [0.2, 0.25) is 0 Å². The van der Waals surface area contributed by atoms with E-state index < -0.39 is 34.8 Å². The minimum Gasteiger partial charge on any atom is -0.472 e. The minimum absolute atomic E-state index is 0.104. The van der Waals surface area contributed by atoms with Crippen molar-refractivity contribution in [2.24, 2.45) is 28.6 Å². The van der Waals surface area contributed by atoms with Crippen LogP contribution in [-0.4, -0.2) is 37.4 Å². The fraction of sp³-hybridized carbons (Fsp3) is 0.696. The molecule has 3 fully saturated rings. The predicted molar refractivity (Wildman–Crippen MR) is 107 cm³/mol. The highest BCUT2D eigenvalue weighted by molar-refractivity contribution is 5.92. The Kier molecular flexibility index (Phi) is 5.29. The zero-order valence-corrected chi connectivity index (χ0v) is 18.1. The van der Waals surface area contributed by atoms with Gasteiger partial charge in [0, 0.05) is 11.5 Å². The molecule has 0 amide bonds. The molecule has 3 aliphatic rings. The Morgan fingerprint density at radius 2 is 2.07 bits per heavy atom. The van der Waals surface area contributed by atoms with Gasteiger partial charge in [-0.05, 0) is 49.1 Å². The number of esters is 2. The number of hydrogen-bond acceptors (Lipinski definition) is 7. The van der Waals surface area contributed by atoms with Gasteiger partial charge < -0.3 is 19.2 Å². The summed E-state index contributed by atoms with van der Waals surface area (Å²) in [5, 5.41) is 3.27. The Morgan fingerprint density at radius 1 is 1.30 bits per heavy atom. The lowest BCUT2D eigenvalue weighted by Crippen LogP contribution is -2.66. The lowest BCUT2D eigenvalue weighted by molar-refractivity contribution is -0.203. The Hall–Kier alpha value is -2.15. The van der Waals surface area contributed by atoms with E-state index in [1.165, 1.54) is 7.11 Å². The average molecular weight is 418 g/mol. The summed E-state index contributed by atoms with van der Waals surface area (Å²) < 4.78 is 16.1. The van der Waals surface area contributed by atoms with E-state index in [-0.39, 0.29) is 23.6 Å². The fourth-order valence-electron chi connectivity index (χ4n) is 6.62. The van der Waals surface area contributed by atoms with E-state index in [0.717, 1.165) is 5.56 Å². The minimum atomic E-state index is -0.609. The van der Waals surface area contributed by atoms with Crippen LogP contribution in [0, 0.1) is 28.6 Å². The molecule has 4 rings (SSSR count). The summed E-state index contributed by atoms with van der Waals surface area (Å²) in [5.74, 6) is -1.62. The second-order valence-electron chi connectivity index (χ2n) is 9.55. The van der Waals surface area contributed by atoms with Gasteiger partial charge in [-0.15, -0.1) is 0 Å². The first-order valence-electron chi connectivity index (χ1n) is 10.8. The van der Waals surface area contributed by atoms with E-state index in [1.807, 2.05) is 20.8 Å². The largest absolute Gasteiger partial charge is 0.472 e. The summed E-state index contributed by atoms with van der Waals surface area (Å²) in [6.07, 6.45) is 4.88. The number of Topliss-reactive ketones (excluding diaryl/α,β-unsaturated/α-hetero) is 1. The zero-order valence-electron chi connectivity index (χ0n) is 18.1. The Balaban J connectivity index is 1.79. The second-order valence-corrected chi connectivity index (χ2v) is 9.55. The number of fused-ring (bicyclic) bond motifs is 3. The first kappa shape index (κ1) is 21.1. The summed E-state index contributed by atoms with van der Waals surface area (Å²) in [6.45, 7) is 6.65. The number of carbonyl (C=O) groups is 3. The molecule has 0 aromatic carbocycles. The number of hydrogen-bond donors (Lipinski definition) is 1. The van der Waals surface area contributed by atoms with Crippen molar-refractivity contribution in [2.75, 3.05) is 13.7 Å². The summed E-state index contributed by atoms with van der Waals surface area (Å²) in [7, 11) is 1.40. The number of ketones is 1. The zero-order chi connectivity index (χ0) is 21.7. The summed E-state index contributed by atoms with van der Waals surface area (Å²) in [5.41, 5.74) is -0.368. The van der Waals surface area contributed by atoms with Gasteiger partial charge in [-0.3, -0.25) is 14.4 Å². The molecular weight excluding hydrogens is 386 g/mol. The highest BCUT2D eigenvalue weighted by Gasteiger charge is 2.67. The van der Waals surface area contributed by atoms with Crippen LogP contribution in [0.1, 0.15) is 58.1 Å². The second kappa shape index (κ2) is 7.52. The summed E-state index contributed by atoms with van der Waals surface area (Å²) >= 11 is 0. The summed E-state index contributed by atoms with van der Waals surface area (Å²) in [4.78, 5) is 39.6. The number of cyclic esters (lactones) is 1. The average Bonchev–Trinajstić information content (AvgIpc) is 3.23. The lowest BCUT2D eigenvalue weighted by Gasteiger charge is -2.61. The van der Waals surface area contributed by atoms with Gasteiger partial charge in [-0.2, -0.15) is 0 Å². The standard InChI is InChI=1S/C23H31NO6/c1-5-24-16-10-15(20(26)28-4)22(2)8-6-14-21(27)30-17(13-7-9-29-12-13)11-23(14,3)19(22)18(16)25/h7,9,12,14-17,19,24H,5-6,8,10-11H2,1-4H3/t14-,15-,16+,17-,19?,22-,23-/m0/s1. The van der Waals surface area contributed by atoms with Crippen LogP contribution >= 0.6 is 0 Å². The van der Waals surface area contributed by atoms with E-state index >= 15 is 0 Å². The molecule has 2 saturated carbocycles. The number of ether oxygens (including phenoxy) is 2. The molecule has 30 heavy (non-hydrogen) atoms. The molecule has 0 radical (unpaired) electrons. The Bertz CT molecular complexity index is 835. The van der Waals surface area contributed by atoms with E-state index in [9.17, 15) is 14.4 Å². The Morgan fingerprint density at radius 3 is 2.70 bits per heavy atom. The molecule has 1 saturated heterocycles. The van der Waals surface area contributed by atoms with Gasteiger partial charge in [0.2, 0.25) is 0 Å². The molecule has 7 nitrogen and oxygen atoms in total. The number of nitrogens with one attached hydrogen (secondary N) is 1. The third-order valence-electron chi connectivity index (χ3n) is 8.00. The molecule has 7 atom stereocenters. The van der Waals surface area contributed by atoms with Crippen LogP contribution in [-0.2, 0) is 23.9 Å². The van der Waals surface area contributed by atoms with Crippen molar-refractivity contribution >= 4 is 17.7 Å². The SMILES string of the molecule is CCN[C@@H]1C[C@@H](C(=O)OC)[C@]2(C)CC[C@H]3C(=O)O[C@H](c4ccoc4)C[C@]3(C)C2C1=O. The number of rotatable bonds is 4. The first-order chi connectivity index (χ1) is 14.3. The van der Waals surface area contributed by atoms with Gasteiger partial charge >= 0.3 is 11.9 Å². The Labute approximate surface area is 176 Å². The van der Waals surface area contributed by atoms with Crippen molar-refractivity contribution in [1.82, 2.24) is 5.32 Å². The van der Waals surface area contributed by atoms with Crippen molar-refractivity contribution in [3.05, 3.63) is 24.2 Å². The van der Waals surface area contributed by atoms with E-state index in [1.54, 1.807) is 18.6 Å². The highest BCUT2D eigenvalue weighted by Crippen LogP contribution is 2.64. The van der Waals surface area contributed by atoms with Gasteiger partial charge in [0.05, 0.1) is 37.5 Å². The number of likely N-dealkylation sites (N-methyl/N-ethyl adjacent to an activating group) is 1. The molecule has 1 aromatic rings. The van der Waals surface area contributed by atoms with Crippen LogP contribution < -0.4 is 5.32 Å². The maximum atomic E-state index is 13.8. The van der Waals surface area contributed by atoms with Crippen molar-refractivity contribution in [3.63, 3.8) is 0 Å². The maximum absolute atomic E-state index is 13.8. The quantitative estimate of drug-likeness (QED) is 0.753. The van der Waals surface area contributed by atoms with Crippen LogP contribution in [0.25, 0.3) is 0 Å². The van der Waals surface area contributed by atoms with Gasteiger partial charge in [0.25, 0.3) is 0 Å². The first-order valence-corrected chi connectivity index (χ1v) is 10.8. The molecule has 164 valence electrons. The molecule has 1 aromatic heterocycles. The third kappa shape index (κ3) is 3.01. The van der Waals surface area contributed by atoms with Gasteiger partial charge in [0.15, 0.2) is 5.78 Å². The normalized spacial score (nSPS) is 40.9. The van der Waals surface area contributed by atoms with Gasteiger partial charge in [-0.1, -0.05) is 20.8 Å². The van der Waals surface area contributed by atoms with Gasteiger partial charge in [0.1, 0.15) is 6.10 Å². The molecule has 1 N–H and O–H groups in total. The number of carbonyl (C=O) groups excluding carboxylic acids is 3. The molecular formula is C23H31NO6. The highest BCUT2D eigenvalue weighted by atomic mass is 16.5. The molecule has 2 aliphatic carbocycles. The predicted octanol–water partition coefficient (Wildman–Crippen LogP) is 3.05. The number of furan rings is 1. The van der Waals surface area contributed by atoms with E-state index in [0.29, 0.717) is 32.2 Å². The summed E-state index contributed by atoms with van der Waals surface area (Å²) in [6, 6.07) is 1.38. The van der Waals surface area contributed by atoms with Crippen molar-refractivity contribution in [2.45, 2.75) is 58.6 Å². The van der Waals surface area contributed by atoms with Gasteiger partial charge in [-0.25, -0.2) is 0 Å². The monoisotopic (exact) mass is 417 g/mol. The molecule has 0 bridgehead atoms. The van der Waals surface area contributed by atoms with E-state index in [2.05, 4.69) is 5.32 Å².